The van der Waals surface area contributed by atoms with Crippen LogP contribution in [-0.4, -0.2) is 65.0 Å². The fourth-order valence-corrected chi connectivity index (χ4v) is 4.86. The summed E-state index contributed by atoms with van der Waals surface area (Å²) in [5.41, 5.74) is -0.457. The molecule has 7 heteroatoms. The fraction of sp³-hybridized carbons (Fsp3) is 0.905. The smallest absolute Gasteiger partial charge is 0.410 e. The Morgan fingerprint density at radius 1 is 1.18 bits per heavy atom. The van der Waals surface area contributed by atoms with E-state index in [4.69, 9.17) is 9.73 Å². The number of carbonyl (C=O) groups is 1. The summed E-state index contributed by atoms with van der Waals surface area (Å²) in [7, 11) is 0. The third kappa shape index (κ3) is 5.31. The molecule has 160 valence electrons. The van der Waals surface area contributed by atoms with E-state index in [1.54, 1.807) is 0 Å². The van der Waals surface area contributed by atoms with Crippen molar-refractivity contribution in [1.29, 1.82) is 0 Å². The molecule has 3 fully saturated rings. The number of amides is 1. The molecule has 0 spiro atoms. The molecule has 0 aromatic carbocycles. The predicted molar refractivity (Wildman–Crippen MR) is 110 cm³/mol. The van der Waals surface area contributed by atoms with Crippen molar-refractivity contribution in [3.8, 4) is 0 Å². The molecule has 4 unspecified atom stereocenters. The highest BCUT2D eigenvalue weighted by atomic mass is 16.6. The number of hydrogen-bond acceptors (Lipinski definition) is 4. The number of hydrogen-bond donors (Lipinski definition) is 3. The number of nitrogens with one attached hydrogen (secondary N) is 2. The van der Waals surface area contributed by atoms with E-state index < -0.39 is 5.60 Å². The summed E-state index contributed by atoms with van der Waals surface area (Å²) in [6.45, 7) is 9.30. The third-order valence-corrected chi connectivity index (χ3v) is 6.13. The summed E-state index contributed by atoms with van der Waals surface area (Å²) < 4.78 is 5.63. The number of piperidine rings is 1. The minimum Gasteiger partial charge on any atom is -0.444 e. The number of aliphatic hydroxyl groups is 1. The van der Waals surface area contributed by atoms with Crippen LogP contribution < -0.4 is 10.6 Å². The van der Waals surface area contributed by atoms with Gasteiger partial charge in [0.25, 0.3) is 0 Å². The van der Waals surface area contributed by atoms with E-state index in [1.807, 2.05) is 25.7 Å². The first kappa shape index (κ1) is 21.2. The van der Waals surface area contributed by atoms with Crippen molar-refractivity contribution >= 4 is 12.1 Å². The van der Waals surface area contributed by atoms with E-state index in [1.165, 1.54) is 0 Å². The van der Waals surface area contributed by atoms with E-state index in [0.717, 1.165) is 57.5 Å². The first-order chi connectivity index (χ1) is 13.3. The summed E-state index contributed by atoms with van der Waals surface area (Å²) in [6, 6.07) is 0.791. The SMILES string of the molecule is CCNC(=NCC1CCCC1O)NC1CC2CCC(C1)N2C(=O)OC(C)(C)C. The van der Waals surface area contributed by atoms with Crippen LogP contribution >= 0.6 is 0 Å². The lowest BCUT2D eigenvalue weighted by Gasteiger charge is -2.40. The molecule has 2 bridgehead atoms. The molecule has 0 aromatic rings. The maximum absolute atomic E-state index is 12.6. The number of carbonyl (C=O) groups excluding carboxylic acids is 1. The molecular weight excluding hydrogens is 356 g/mol. The zero-order valence-corrected chi connectivity index (χ0v) is 17.9. The second-order valence-corrected chi connectivity index (χ2v) is 9.56. The van der Waals surface area contributed by atoms with Gasteiger partial charge in [-0.3, -0.25) is 4.99 Å². The zero-order valence-electron chi connectivity index (χ0n) is 17.9. The van der Waals surface area contributed by atoms with Gasteiger partial charge in [0.15, 0.2) is 5.96 Å². The number of rotatable bonds is 4. The van der Waals surface area contributed by atoms with Crippen LogP contribution in [0.1, 0.15) is 72.6 Å². The zero-order chi connectivity index (χ0) is 20.3. The Morgan fingerprint density at radius 2 is 1.86 bits per heavy atom. The largest absolute Gasteiger partial charge is 0.444 e. The normalized spacial score (nSPS) is 33.1. The second kappa shape index (κ2) is 8.89. The predicted octanol–water partition coefficient (Wildman–Crippen LogP) is 2.63. The quantitative estimate of drug-likeness (QED) is 0.504. The van der Waals surface area contributed by atoms with Gasteiger partial charge in [-0.15, -0.1) is 0 Å². The van der Waals surface area contributed by atoms with E-state index >= 15 is 0 Å². The summed E-state index contributed by atoms with van der Waals surface area (Å²) in [5, 5.41) is 17.0. The molecule has 2 heterocycles. The molecule has 2 aliphatic heterocycles. The fourth-order valence-electron chi connectivity index (χ4n) is 4.86. The van der Waals surface area contributed by atoms with Crippen LogP contribution in [0.5, 0.6) is 0 Å². The minimum atomic E-state index is -0.457. The number of nitrogens with zero attached hydrogens (tertiary/aromatic N) is 2. The van der Waals surface area contributed by atoms with Gasteiger partial charge in [-0.05, 0) is 66.2 Å². The van der Waals surface area contributed by atoms with Gasteiger partial charge in [-0.25, -0.2) is 4.79 Å². The number of aliphatic hydroxyl groups excluding tert-OH is 1. The monoisotopic (exact) mass is 394 g/mol. The lowest BCUT2D eigenvalue weighted by atomic mass is 9.98. The van der Waals surface area contributed by atoms with Crippen LogP contribution in [0.25, 0.3) is 0 Å². The highest BCUT2D eigenvalue weighted by Gasteiger charge is 2.45. The van der Waals surface area contributed by atoms with Gasteiger partial charge in [0.05, 0.1) is 6.10 Å². The van der Waals surface area contributed by atoms with E-state index in [0.29, 0.717) is 12.6 Å². The Labute approximate surface area is 169 Å². The van der Waals surface area contributed by atoms with Crippen LogP contribution in [0.15, 0.2) is 4.99 Å². The molecule has 3 rings (SSSR count). The van der Waals surface area contributed by atoms with Crippen molar-refractivity contribution in [3.05, 3.63) is 0 Å². The van der Waals surface area contributed by atoms with Gasteiger partial charge in [-0.2, -0.15) is 0 Å². The number of guanidine groups is 1. The van der Waals surface area contributed by atoms with Gasteiger partial charge in [0.2, 0.25) is 0 Å². The Hall–Kier alpha value is -1.50. The number of aliphatic imine (C=N–C) groups is 1. The highest BCUT2D eigenvalue weighted by Crippen LogP contribution is 2.36. The van der Waals surface area contributed by atoms with E-state index in [-0.39, 0.29) is 30.2 Å². The molecule has 4 atom stereocenters. The Morgan fingerprint density at radius 3 is 2.39 bits per heavy atom. The Kier molecular flexibility index (Phi) is 6.73. The average molecular weight is 395 g/mol. The molecule has 7 nitrogen and oxygen atoms in total. The van der Waals surface area contributed by atoms with Gasteiger partial charge in [0.1, 0.15) is 5.60 Å². The molecule has 1 amide bonds. The lowest BCUT2D eigenvalue weighted by Crippen LogP contribution is -2.55. The van der Waals surface area contributed by atoms with Gasteiger partial charge < -0.3 is 25.4 Å². The molecule has 3 N–H and O–H groups in total. The second-order valence-electron chi connectivity index (χ2n) is 9.56. The first-order valence-corrected chi connectivity index (χ1v) is 11.0. The average Bonchev–Trinajstić information content (AvgIpc) is 3.12. The minimum absolute atomic E-state index is 0.172. The van der Waals surface area contributed by atoms with Crippen molar-refractivity contribution < 1.29 is 14.6 Å². The maximum atomic E-state index is 12.6. The molecule has 1 saturated carbocycles. The summed E-state index contributed by atoms with van der Waals surface area (Å²) in [4.78, 5) is 19.3. The molecule has 0 radical (unpaired) electrons. The molecule has 3 aliphatic rings. The van der Waals surface area contributed by atoms with Crippen LogP contribution in [-0.2, 0) is 4.74 Å². The maximum Gasteiger partial charge on any atom is 0.410 e. The van der Waals surface area contributed by atoms with Crippen LogP contribution in [0.3, 0.4) is 0 Å². The molecular formula is C21H38N4O3. The highest BCUT2D eigenvalue weighted by molar-refractivity contribution is 5.80. The van der Waals surface area contributed by atoms with Gasteiger partial charge >= 0.3 is 6.09 Å². The van der Waals surface area contributed by atoms with E-state index in [9.17, 15) is 9.90 Å². The molecule has 0 aromatic heterocycles. The number of ether oxygens (including phenoxy) is 1. The van der Waals surface area contributed by atoms with Crippen LogP contribution in [0.2, 0.25) is 0 Å². The standard InChI is InChI=1S/C21H38N4O3/c1-5-22-19(23-13-14-7-6-8-18(14)26)24-15-11-16-9-10-17(12-15)25(16)20(27)28-21(2,3)4/h14-18,26H,5-13H2,1-4H3,(H2,22,23,24). The van der Waals surface area contributed by atoms with Crippen molar-refractivity contribution in [2.45, 2.75) is 102 Å². The van der Waals surface area contributed by atoms with Gasteiger partial charge in [-0.1, -0.05) is 6.42 Å². The van der Waals surface area contributed by atoms with Crippen molar-refractivity contribution in [1.82, 2.24) is 15.5 Å². The first-order valence-electron chi connectivity index (χ1n) is 11.0. The van der Waals surface area contributed by atoms with Crippen LogP contribution in [0, 0.1) is 5.92 Å². The van der Waals surface area contributed by atoms with Crippen LogP contribution in [0.4, 0.5) is 4.79 Å². The third-order valence-electron chi connectivity index (χ3n) is 6.13. The van der Waals surface area contributed by atoms with E-state index in [2.05, 4.69) is 17.6 Å². The summed E-state index contributed by atoms with van der Waals surface area (Å²) >= 11 is 0. The molecule has 1 aliphatic carbocycles. The summed E-state index contributed by atoms with van der Waals surface area (Å²) in [5.74, 6) is 1.11. The van der Waals surface area contributed by atoms with Crippen molar-refractivity contribution in [2.24, 2.45) is 10.9 Å². The lowest BCUT2D eigenvalue weighted by molar-refractivity contribution is 0.00545. The Balaban J connectivity index is 1.57. The van der Waals surface area contributed by atoms with Gasteiger partial charge in [0, 0.05) is 37.1 Å². The number of fused-ring (bicyclic) bond motifs is 2. The van der Waals surface area contributed by atoms with Crippen molar-refractivity contribution in [3.63, 3.8) is 0 Å². The summed E-state index contributed by atoms with van der Waals surface area (Å²) in [6.07, 6.45) is 6.61. The topological polar surface area (TPSA) is 86.2 Å². The molecule has 28 heavy (non-hydrogen) atoms. The Bertz CT molecular complexity index is 560. The molecule has 2 saturated heterocycles. The van der Waals surface area contributed by atoms with Crippen molar-refractivity contribution in [2.75, 3.05) is 13.1 Å².